The molecule has 9 nitrogen and oxygen atoms in total. The van der Waals surface area contributed by atoms with E-state index >= 15 is 0 Å². The lowest BCUT2D eigenvalue weighted by Crippen LogP contribution is -2.32. The Morgan fingerprint density at radius 2 is 2.07 bits per heavy atom. The highest BCUT2D eigenvalue weighted by molar-refractivity contribution is 5.96. The number of hydrogen-bond donors (Lipinski definition) is 1. The van der Waals surface area contributed by atoms with Gasteiger partial charge < -0.3 is 14.8 Å². The Morgan fingerprint density at radius 3 is 2.69 bits per heavy atom. The Hall–Kier alpha value is -2.97. The summed E-state index contributed by atoms with van der Waals surface area (Å²) in [4.78, 5) is 47.2. The van der Waals surface area contributed by atoms with Gasteiger partial charge in [0.1, 0.15) is 11.5 Å². The minimum Gasteiger partial charge on any atom is -0.495 e. The van der Waals surface area contributed by atoms with Crippen molar-refractivity contribution in [1.29, 1.82) is 0 Å². The molecule has 0 spiro atoms. The van der Waals surface area contributed by atoms with Crippen molar-refractivity contribution >= 4 is 23.3 Å². The van der Waals surface area contributed by atoms with Gasteiger partial charge in [0.2, 0.25) is 6.54 Å². The van der Waals surface area contributed by atoms with Gasteiger partial charge in [-0.1, -0.05) is 13.0 Å². The molecule has 1 aliphatic carbocycles. The number of methoxy groups -OCH3 is 1. The number of ether oxygens (including phenoxy) is 2. The summed E-state index contributed by atoms with van der Waals surface area (Å²) in [6.07, 6.45) is -1.16. The Bertz CT molecular complexity index is 808. The predicted octanol–water partition coefficient (Wildman–Crippen LogP) is 2.38. The van der Waals surface area contributed by atoms with Crippen molar-refractivity contribution in [3.05, 3.63) is 33.9 Å². The number of aryl methyl sites for hydroxylation is 1. The molecular weight excluding hydrogens is 380 g/mol. The van der Waals surface area contributed by atoms with Crippen LogP contribution >= 0.6 is 0 Å². The van der Waals surface area contributed by atoms with Gasteiger partial charge in [0.25, 0.3) is 5.91 Å². The van der Waals surface area contributed by atoms with Crippen molar-refractivity contribution in [2.24, 2.45) is 17.8 Å². The average Bonchev–Trinajstić information content (AvgIpc) is 2.88. The second kappa shape index (κ2) is 9.49. The van der Waals surface area contributed by atoms with Gasteiger partial charge in [0.05, 0.1) is 19.2 Å². The van der Waals surface area contributed by atoms with Crippen LogP contribution < -0.4 is 10.1 Å². The molecule has 0 heterocycles. The monoisotopic (exact) mass is 406 g/mol. The van der Waals surface area contributed by atoms with Gasteiger partial charge in [0, 0.05) is 23.2 Å². The van der Waals surface area contributed by atoms with E-state index in [0.29, 0.717) is 11.4 Å². The summed E-state index contributed by atoms with van der Waals surface area (Å²) in [5.41, 5.74) is 1.36. The number of nitro groups is 1. The quantitative estimate of drug-likeness (QED) is 0.399. The summed E-state index contributed by atoms with van der Waals surface area (Å²) < 4.78 is 10.4. The summed E-state index contributed by atoms with van der Waals surface area (Å²) in [7, 11) is 1.48. The fourth-order valence-corrected chi connectivity index (χ4v) is 3.63. The van der Waals surface area contributed by atoms with E-state index in [1.54, 1.807) is 19.1 Å². The van der Waals surface area contributed by atoms with Crippen molar-refractivity contribution in [3.8, 4) is 5.75 Å². The van der Waals surface area contributed by atoms with E-state index < -0.39 is 34.7 Å². The lowest BCUT2D eigenvalue weighted by atomic mass is 9.88. The van der Waals surface area contributed by atoms with Gasteiger partial charge in [0.15, 0.2) is 6.10 Å². The predicted molar refractivity (Wildman–Crippen MR) is 104 cm³/mol. The number of esters is 1. The molecule has 0 unspecified atom stereocenters. The van der Waals surface area contributed by atoms with E-state index in [4.69, 9.17) is 9.47 Å². The number of benzene rings is 1. The number of nitrogens with zero attached hydrogens (tertiary/aromatic N) is 1. The number of carbonyl (C=O) groups is 3. The van der Waals surface area contributed by atoms with Crippen LogP contribution in [0.5, 0.6) is 5.75 Å². The van der Waals surface area contributed by atoms with Crippen LogP contribution in [0.1, 0.15) is 32.3 Å². The molecule has 0 bridgehead atoms. The Kier molecular flexibility index (Phi) is 7.30. The summed E-state index contributed by atoms with van der Waals surface area (Å²) in [5.74, 6) is -2.42. The zero-order valence-corrected chi connectivity index (χ0v) is 17.0. The van der Waals surface area contributed by atoms with E-state index in [1.807, 2.05) is 13.0 Å². The van der Waals surface area contributed by atoms with Crippen LogP contribution in [0.3, 0.4) is 0 Å². The van der Waals surface area contributed by atoms with Crippen LogP contribution in [0.15, 0.2) is 18.2 Å². The third-order valence-corrected chi connectivity index (χ3v) is 5.22. The standard InChI is InChI=1S/C20H26N2O7/c1-11-5-6-18(28-4)16(7-11)21-20(25)13(3)29-19(24)9-14-15(10-22(26)27)12(2)8-17(14)23/h5-7,12-15H,8-10H2,1-4H3,(H,21,25)/t12-,13+,14+,15-/m1/s1. The summed E-state index contributed by atoms with van der Waals surface area (Å²) >= 11 is 0. The molecule has 0 aromatic heterocycles. The van der Waals surface area contributed by atoms with E-state index in [9.17, 15) is 24.5 Å². The number of rotatable bonds is 8. The lowest BCUT2D eigenvalue weighted by Gasteiger charge is -2.19. The van der Waals surface area contributed by atoms with Gasteiger partial charge >= 0.3 is 5.97 Å². The highest BCUT2D eigenvalue weighted by atomic mass is 16.6. The fourth-order valence-electron chi connectivity index (χ4n) is 3.63. The largest absolute Gasteiger partial charge is 0.495 e. The van der Waals surface area contributed by atoms with Crippen LogP contribution in [0.25, 0.3) is 0 Å². The average molecular weight is 406 g/mol. The molecule has 0 saturated heterocycles. The second-order valence-electron chi connectivity index (χ2n) is 7.46. The van der Waals surface area contributed by atoms with E-state index in [-0.39, 0.29) is 31.1 Å². The second-order valence-corrected chi connectivity index (χ2v) is 7.46. The molecule has 0 radical (unpaired) electrons. The topological polar surface area (TPSA) is 125 Å². The molecule has 9 heteroatoms. The zero-order chi connectivity index (χ0) is 21.7. The van der Waals surface area contributed by atoms with Crippen molar-refractivity contribution in [2.45, 2.75) is 39.7 Å². The van der Waals surface area contributed by atoms with E-state index in [1.165, 1.54) is 14.0 Å². The van der Waals surface area contributed by atoms with Gasteiger partial charge in [-0.25, -0.2) is 0 Å². The Balaban J connectivity index is 1.97. The molecule has 4 atom stereocenters. The summed E-state index contributed by atoms with van der Waals surface area (Å²) in [6, 6.07) is 5.27. The number of anilines is 1. The minimum absolute atomic E-state index is 0.166. The number of amides is 1. The maximum atomic E-state index is 12.4. The first-order valence-electron chi connectivity index (χ1n) is 9.41. The molecule has 2 rings (SSSR count). The highest BCUT2D eigenvalue weighted by Crippen LogP contribution is 2.36. The zero-order valence-electron chi connectivity index (χ0n) is 17.0. The van der Waals surface area contributed by atoms with Gasteiger partial charge in [-0.2, -0.15) is 0 Å². The van der Waals surface area contributed by atoms with Crippen molar-refractivity contribution in [2.75, 3.05) is 19.0 Å². The van der Waals surface area contributed by atoms with Crippen LogP contribution in [0.4, 0.5) is 5.69 Å². The SMILES string of the molecule is COc1ccc(C)cc1NC(=O)[C@H](C)OC(=O)C[C@@H]1C(=O)C[C@@H](C)[C@H]1C[N+](=O)[O-]. The molecule has 1 amide bonds. The number of ketones is 1. The van der Waals surface area contributed by atoms with Crippen LogP contribution in [-0.2, 0) is 19.1 Å². The molecule has 1 N–H and O–H groups in total. The maximum Gasteiger partial charge on any atom is 0.307 e. The first-order valence-corrected chi connectivity index (χ1v) is 9.41. The molecule has 1 aromatic rings. The third kappa shape index (κ3) is 5.75. The fraction of sp³-hybridized carbons (Fsp3) is 0.550. The molecule has 0 aliphatic heterocycles. The molecule has 29 heavy (non-hydrogen) atoms. The molecule has 1 aromatic carbocycles. The molecular formula is C20H26N2O7. The number of carbonyl (C=O) groups excluding carboxylic acids is 3. The van der Waals surface area contributed by atoms with E-state index in [2.05, 4.69) is 5.32 Å². The van der Waals surface area contributed by atoms with Crippen LogP contribution in [0, 0.1) is 34.8 Å². The Labute approximate surface area is 168 Å². The lowest BCUT2D eigenvalue weighted by molar-refractivity contribution is -0.490. The number of nitrogens with one attached hydrogen (secondary N) is 1. The molecule has 1 fully saturated rings. The first kappa shape index (κ1) is 22.3. The van der Waals surface area contributed by atoms with Crippen molar-refractivity contribution < 1.29 is 28.8 Å². The summed E-state index contributed by atoms with van der Waals surface area (Å²) in [5, 5.41) is 13.5. The summed E-state index contributed by atoms with van der Waals surface area (Å²) in [6.45, 7) is 4.68. The third-order valence-electron chi connectivity index (χ3n) is 5.22. The van der Waals surface area contributed by atoms with Crippen LogP contribution in [0.2, 0.25) is 0 Å². The van der Waals surface area contributed by atoms with Crippen molar-refractivity contribution in [1.82, 2.24) is 0 Å². The van der Waals surface area contributed by atoms with Gasteiger partial charge in [-0.15, -0.1) is 0 Å². The number of hydrogen-bond acceptors (Lipinski definition) is 7. The minimum atomic E-state index is -1.10. The van der Waals surface area contributed by atoms with Gasteiger partial charge in [-0.3, -0.25) is 24.5 Å². The smallest absolute Gasteiger partial charge is 0.307 e. The number of Topliss-reactive ketones (excluding diaryl/α,β-unsaturated/α-hetero) is 1. The van der Waals surface area contributed by atoms with Crippen LogP contribution in [-0.4, -0.2) is 42.3 Å². The maximum absolute atomic E-state index is 12.4. The van der Waals surface area contributed by atoms with E-state index in [0.717, 1.165) is 5.56 Å². The molecule has 1 aliphatic rings. The Morgan fingerprint density at radius 1 is 1.38 bits per heavy atom. The molecule has 1 saturated carbocycles. The van der Waals surface area contributed by atoms with Gasteiger partial charge in [-0.05, 0) is 37.5 Å². The van der Waals surface area contributed by atoms with Crippen molar-refractivity contribution in [3.63, 3.8) is 0 Å². The normalized spacial score (nSPS) is 22.1. The molecule has 158 valence electrons. The highest BCUT2D eigenvalue weighted by Gasteiger charge is 2.44. The first-order chi connectivity index (χ1) is 13.6.